The zero-order chi connectivity index (χ0) is 29.2. The number of aromatic nitrogens is 1. The molecular formula is C31H28F3N5O3. The Hall–Kier alpha value is -4.80. The van der Waals surface area contributed by atoms with Crippen LogP contribution in [-0.2, 0) is 26.2 Å². The summed E-state index contributed by atoms with van der Waals surface area (Å²) in [5.41, 5.74) is 8.71. The summed E-state index contributed by atoms with van der Waals surface area (Å²) in [6, 6.07) is 17.7. The lowest BCUT2D eigenvalue weighted by molar-refractivity contribution is -0.138. The van der Waals surface area contributed by atoms with Crippen LogP contribution in [0, 0.1) is 0 Å². The van der Waals surface area contributed by atoms with Crippen LogP contribution in [-0.4, -0.2) is 28.3 Å². The monoisotopic (exact) mass is 575 g/mol. The van der Waals surface area contributed by atoms with E-state index < -0.39 is 17.5 Å². The number of alkyl halides is 3. The molecule has 3 heterocycles. The van der Waals surface area contributed by atoms with Crippen LogP contribution in [0.1, 0.15) is 34.7 Å². The van der Waals surface area contributed by atoms with Crippen LogP contribution in [0.25, 0.3) is 11.1 Å². The van der Waals surface area contributed by atoms with Crippen LogP contribution in [0.3, 0.4) is 0 Å². The highest BCUT2D eigenvalue weighted by Gasteiger charge is 2.40. The number of halogens is 3. The third-order valence-electron chi connectivity index (χ3n) is 8.25. The predicted molar refractivity (Wildman–Crippen MR) is 151 cm³/mol. The molecule has 42 heavy (non-hydrogen) atoms. The van der Waals surface area contributed by atoms with Gasteiger partial charge in [0.25, 0.3) is 0 Å². The molecule has 0 spiro atoms. The molecule has 216 valence electrons. The standard InChI is InChI=1S/C31H28F3N5O3/c1-36-27-12-8-20(14-29(27)42-30(36)40)39-18-37(26-13-11-22-23(26)4-3-5-24(22)31(32,33)34)16-25-28(39)17-38(35-25)15-19-6-9-21(41-2)10-7-19/h3-10,12,14,16-17,26,35H,11,13,15,18H2,1-2H3. The molecule has 0 radical (unpaired) electrons. The van der Waals surface area contributed by atoms with Crippen LogP contribution in [0.5, 0.6) is 5.75 Å². The van der Waals surface area contributed by atoms with E-state index in [1.54, 1.807) is 20.2 Å². The average Bonchev–Trinajstić information content (AvgIpc) is 3.67. The summed E-state index contributed by atoms with van der Waals surface area (Å²) in [7, 11) is 3.29. The number of hydrogen-bond donors (Lipinski definition) is 1. The largest absolute Gasteiger partial charge is 0.497 e. The second-order valence-electron chi connectivity index (χ2n) is 10.7. The fraction of sp³-hybridized carbons (Fsp3) is 0.258. The first-order valence-electron chi connectivity index (χ1n) is 13.6. The Bertz CT molecular complexity index is 1810. The zero-order valence-corrected chi connectivity index (χ0v) is 23.0. The van der Waals surface area contributed by atoms with Crippen molar-refractivity contribution in [3.05, 3.63) is 117 Å². The van der Waals surface area contributed by atoms with E-state index in [0.29, 0.717) is 48.3 Å². The van der Waals surface area contributed by atoms with Gasteiger partial charge in [-0.2, -0.15) is 13.2 Å². The first-order chi connectivity index (χ1) is 20.2. The van der Waals surface area contributed by atoms with Gasteiger partial charge in [-0.05, 0) is 59.9 Å². The van der Waals surface area contributed by atoms with Crippen molar-refractivity contribution in [2.75, 3.05) is 18.7 Å². The first-order valence-corrected chi connectivity index (χ1v) is 13.6. The Morgan fingerprint density at radius 1 is 1.07 bits per heavy atom. The van der Waals surface area contributed by atoms with Gasteiger partial charge in [0, 0.05) is 31.2 Å². The fourth-order valence-corrected chi connectivity index (χ4v) is 6.17. The second kappa shape index (κ2) is 9.64. The smallest absolute Gasteiger partial charge is 0.419 e. The number of fused-ring (bicyclic) bond motifs is 3. The van der Waals surface area contributed by atoms with Gasteiger partial charge in [-0.1, -0.05) is 24.3 Å². The molecule has 1 aliphatic carbocycles. The van der Waals surface area contributed by atoms with E-state index in [4.69, 9.17) is 9.15 Å². The molecule has 4 aromatic rings. The maximum atomic E-state index is 13.8. The number of rotatable bonds is 5. The van der Waals surface area contributed by atoms with Crippen molar-refractivity contribution in [3.8, 4) is 5.75 Å². The van der Waals surface area contributed by atoms with Crippen LogP contribution < -0.4 is 20.8 Å². The third-order valence-corrected chi connectivity index (χ3v) is 8.25. The first kappa shape index (κ1) is 26.1. The Morgan fingerprint density at radius 2 is 1.88 bits per heavy atom. The molecule has 1 aromatic heterocycles. The topological polar surface area (TPSA) is 66.1 Å². The van der Waals surface area contributed by atoms with Crippen molar-refractivity contribution < 1.29 is 22.3 Å². The highest BCUT2D eigenvalue weighted by atomic mass is 19.4. The van der Waals surface area contributed by atoms with Gasteiger partial charge < -0.3 is 19.0 Å². The summed E-state index contributed by atoms with van der Waals surface area (Å²) >= 11 is 0. The molecule has 8 nitrogen and oxygen atoms in total. The third kappa shape index (κ3) is 4.36. The van der Waals surface area contributed by atoms with Crippen molar-refractivity contribution >= 4 is 16.8 Å². The van der Waals surface area contributed by atoms with Gasteiger partial charge in [-0.15, -0.1) is 0 Å². The van der Waals surface area contributed by atoms with Gasteiger partial charge in [0.1, 0.15) is 5.75 Å². The molecule has 3 aromatic carbocycles. The van der Waals surface area contributed by atoms with Crippen molar-refractivity contribution in [1.82, 2.24) is 19.9 Å². The molecule has 1 unspecified atom stereocenters. The van der Waals surface area contributed by atoms with E-state index in [0.717, 1.165) is 28.4 Å². The Morgan fingerprint density at radius 3 is 2.64 bits per heavy atom. The molecule has 3 aliphatic rings. The minimum absolute atomic E-state index is 0.227. The summed E-state index contributed by atoms with van der Waals surface area (Å²) in [5.74, 6) is 0.330. The van der Waals surface area contributed by atoms with Crippen molar-refractivity contribution in [3.63, 3.8) is 0 Å². The molecule has 1 N–H and O–H groups in total. The molecule has 0 bridgehead atoms. The lowest BCUT2D eigenvalue weighted by Gasteiger charge is -2.40. The Labute approximate surface area is 239 Å². The molecular weight excluding hydrogens is 547 g/mol. The normalized spacial score (nSPS) is 18.1. The van der Waals surface area contributed by atoms with Gasteiger partial charge in [0.15, 0.2) is 5.58 Å². The average molecular weight is 576 g/mol. The van der Waals surface area contributed by atoms with Gasteiger partial charge >= 0.3 is 11.9 Å². The highest BCUT2D eigenvalue weighted by Crippen LogP contribution is 2.45. The summed E-state index contributed by atoms with van der Waals surface area (Å²) in [6.45, 7) is 0.975. The SMILES string of the molecule is COc1ccc(CN2C=C3C(=CN(C4CCc5c4cccc5C(F)(F)F)CN3c3ccc4c(c3)oc(=O)n4C)N2)cc1. The zero-order valence-electron chi connectivity index (χ0n) is 23.0. The molecule has 11 heteroatoms. The molecule has 2 aliphatic heterocycles. The van der Waals surface area contributed by atoms with E-state index in [-0.39, 0.29) is 6.04 Å². The lowest BCUT2D eigenvalue weighted by Crippen LogP contribution is -2.42. The number of methoxy groups -OCH3 is 1. The summed E-state index contributed by atoms with van der Waals surface area (Å²) in [5, 5.41) is 1.98. The molecule has 0 saturated heterocycles. The summed E-state index contributed by atoms with van der Waals surface area (Å²) < 4.78 is 53.6. The number of hydrazine groups is 1. The van der Waals surface area contributed by atoms with Crippen LogP contribution in [0.4, 0.5) is 18.9 Å². The van der Waals surface area contributed by atoms with Gasteiger partial charge in [0.05, 0.1) is 48.8 Å². The van der Waals surface area contributed by atoms with E-state index in [2.05, 4.69) is 15.2 Å². The molecule has 1 atom stereocenters. The predicted octanol–water partition coefficient (Wildman–Crippen LogP) is 5.63. The van der Waals surface area contributed by atoms with Gasteiger partial charge in [-0.3, -0.25) is 15.0 Å². The van der Waals surface area contributed by atoms with E-state index >= 15 is 0 Å². The minimum Gasteiger partial charge on any atom is -0.497 e. The number of benzene rings is 3. The maximum absolute atomic E-state index is 13.8. The Balaban J connectivity index is 1.26. The van der Waals surface area contributed by atoms with Crippen molar-refractivity contribution in [1.29, 1.82) is 0 Å². The minimum atomic E-state index is -4.40. The van der Waals surface area contributed by atoms with E-state index in [9.17, 15) is 18.0 Å². The summed E-state index contributed by atoms with van der Waals surface area (Å²) in [4.78, 5) is 16.3. The summed E-state index contributed by atoms with van der Waals surface area (Å²) in [6.07, 6.45) is 0.546. The lowest BCUT2D eigenvalue weighted by atomic mass is 10.0. The number of aryl methyl sites for hydroxylation is 1. The van der Waals surface area contributed by atoms with Crippen molar-refractivity contribution in [2.45, 2.75) is 31.6 Å². The maximum Gasteiger partial charge on any atom is 0.419 e. The second-order valence-corrected chi connectivity index (χ2v) is 10.7. The van der Waals surface area contributed by atoms with Crippen LogP contribution in [0.15, 0.2) is 93.7 Å². The fourth-order valence-electron chi connectivity index (χ4n) is 6.17. The number of oxazole rings is 1. The Kier molecular flexibility index (Phi) is 6.00. The van der Waals surface area contributed by atoms with Crippen LogP contribution in [0.2, 0.25) is 0 Å². The molecule has 0 amide bonds. The number of anilines is 1. The van der Waals surface area contributed by atoms with Gasteiger partial charge in [-0.25, -0.2) is 4.79 Å². The number of nitrogens with zero attached hydrogens (tertiary/aromatic N) is 4. The highest BCUT2D eigenvalue weighted by molar-refractivity contribution is 5.79. The van der Waals surface area contributed by atoms with E-state index in [1.807, 2.05) is 59.9 Å². The molecule has 7 rings (SSSR count). The number of hydrogen-bond acceptors (Lipinski definition) is 7. The van der Waals surface area contributed by atoms with Crippen LogP contribution >= 0.6 is 0 Å². The van der Waals surface area contributed by atoms with Gasteiger partial charge in [0.2, 0.25) is 0 Å². The van der Waals surface area contributed by atoms with E-state index in [1.165, 1.54) is 16.7 Å². The van der Waals surface area contributed by atoms with Crippen molar-refractivity contribution in [2.24, 2.45) is 7.05 Å². The molecule has 0 fully saturated rings. The number of ether oxygens (including phenoxy) is 1. The quantitative estimate of drug-likeness (QED) is 0.331. The molecule has 0 saturated carbocycles. The number of nitrogens with one attached hydrogen (secondary N) is 1.